The van der Waals surface area contributed by atoms with Crippen molar-refractivity contribution in [2.24, 2.45) is 7.05 Å². The maximum Gasteiger partial charge on any atom is 0.249 e. The van der Waals surface area contributed by atoms with Gasteiger partial charge in [0, 0.05) is 6.07 Å². The minimum Gasteiger partial charge on any atom is -1.00 e. The maximum absolute atomic E-state index is 9.04. The molecule has 0 aliphatic carbocycles. The molecule has 0 saturated carbocycles. The van der Waals surface area contributed by atoms with Gasteiger partial charge in [-0.3, -0.25) is 0 Å². The Morgan fingerprint density at radius 3 is 2.65 bits per heavy atom. The molecule has 0 saturated heterocycles. The highest BCUT2D eigenvalue weighted by atomic mass is 127. The molecule has 0 aliphatic rings. The van der Waals surface area contributed by atoms with Crippen LogP contribution in [0, 0.1) is 18.3 Å². The molecular weight excluding hydrogens is 361 g/mol. The summed E-state index contributed by atoms with van der Waals surface area (Å²) in [4.78, 5) is 0. The molecule has 3 nitrogen and oxygen atoms in total. The highest BCUT2D eigenvalue weighted by Crippen LogP contribution is 2.18. The number of hydrogen-bond donors (Lipinski definition) is 0. The van der Waals surface area contributed by atoms with Crippen molar-refractivity contribution in [3.63, 3.8) is 0 Å². The molecule has 0 N–H and O–H groups in total. The number of imidazole rings is 1. The van der Waals surface area contributed by atoms with Crippen molar-refractivity contribution in [3.05, 3.63) is 59.9 Å². The molecule has 1 aromatic heterocycles. The van der Waals surface area contributed by atoms with E-state index in [1.54, 1.807) is 0 Å². The third kappa shape index (κ3) is 2.41. The first-order valence-electron chi connectivity index (χ1n) is 6.17. The minimum absolute atomic E-state index is 0. The van der Waals surface area contributed by atoms with E-state index in [9.17, 15) is 0 Å². The van der Waals surface area contributed by atoms with Gasteiger partial charge in [0.2, 0.25) is 6.33 Å². The molecular formula is C16H14IN3. The summed E-state index contributed by atoms with van der Waals surface area (Å²) in [5.41, 5.74) is 5.17. The van der Waals surface area contributed by atoms with Crippen molar-refractivity contribution in [2.75, 3.05) is 0 Å². The molecule has 0 radical (unpaired) electrons. The largest absolute Gasteiger partial charge is 1.00 e. The molecule has 0 amide bonds. The van der Waals surface area contributed by atoms with Crippen LogP contribution in [0.4, 0.5) is 0 Å². The fourth-order valence-corrected chi connectivity index (χ4v) is 2.37. The summed E-state index contributed by atoms with van der Waals surface area (Å²) in [6, 6.07) is 16.3. The number of aryl methyl sites for hydroxylation is 2. The fourth-order valence-electron chi connectivity index (χ4n) is 2.37. The van der Waals surface area contributed by atoms with E-state index in [-0.39, 0.29) is 24.0 Å². The van der Waals surface area contributed by atoms with Crippen molar-refractivity contribution in [1.82, 2.24) is 4.57 Å². The molecule has 0 atom stereocenters. The van der Waals surface area contributed by atoms with E-state index in [1.807, 2.05) is 37.6 Å². The van der Waals surface area contributed by atoms with Crippen LogP contribution in [0.25, 0.3) is 16.7 Å². The Morgan fingerprint density at radius 2 is 1.95 bits per heavy atom. The first-order chi connectivity index (χ1) is 9.19. The Labute approximate surface area is 135 Å². The van der Waals surface area contributed by atoms with Gasteiger partial charge in [-0.05, 0) is 36.8 Å². The molecule has 20 heavy (non-hydrogen) atoms. The summed E-state index contributed by atoms with van der Waals surface area (Å²) < 4.78 is 4.18. The molecule has 0 spiro atoms. The molecule has 0 unspecified atom stereocenters. The predicted molar refractivity (Wildman–Crippen MR) is 73.9 cm³/mol. The monoisotopic (exact) mass is 375 g/mol. The highest BCUT2D eigenvalue weighted by Gasteiger charge is 2.15. The lowest BCUT2D eigenvalue weighted by molar-refractivity contribution is -0.645. The molecule has 1 heterocycles. The molecule has 100 valence electrons. The molecule has 3 aromatic rings. The van der Waals surface area contributed by atoms with Crippen LogP contribution in [0.2, 0.25) is 0 Å². The predicted octanol–water partition coefficient (Wildman–Crippen LogP) is -0.361. The van der Waals surface area contributed by atoms with Gasteiger partial charge in [0.15, 0.2) is 11.0 Å². The topological polar surface area (TPSA) is 32.6 Å². The second kappa shape index (κ2) is 5.63. The average Bonchev–Trinajstić information content (AvgIpc) is 2.75. The van der Waals surface area contributed by atoms with Crippen LogP contribution in [-0.2, 0) is 7.05 Å². The smallest absolute Gasteiger partial charge is 0.249 e. The summed E-state index contributed by atoms with van der Waals surface area (Å²) in [5, 5.41) is 9.04. The Balaban J connectivity index is 0.00000147. The quantitative estimate of drug-likeness (QED) is 0.423. The molecule has 4 heteroatoms. The zero-order chi connectivity index (χ0) is 13.4. The average molecular weight is 375 g/mol. The van der Waals surface area contributed by atoms with E-state index >= 15 is 0 Å². The summed E-state index contributed by atoms with van der Waals surface area (Å²) in [6.45, 7) is 2.08. The van der Waals surface area contributed by atoms with Crippen LogP contribution in [0.5, 0.6) is 0 Å². The van der Waals surface area contributed by atoms with E-state index < -0.39 is 0 Å². The van der Waals surface area contributed by atoms with Crippen molar-refractivity contribution < 1.29 is 28.5 Å². The van der Waals surface area contributed by atoms with Gasteiger partial charge in [0.1, 0.15) is 5.69 Å². The molecule has 0 fully saturated rings. The van der Waals surface area contributed by atoms with Crippen molar-refractivity contribution in [1.29, 1.82) is 5.26 Å². The zero-order valence-electron chi connectivity index (χ0n) is 11.3. The van der Waals surface area contributed by atoms with Crippen LogP contribution in [0.3, 0.4) is 0 Å². The maximum atomic E-state index is 9.04. The number of nitriles is 1. The van der Waals surface area contributed by atoms with Crippen molar-refractivity contribution in [3.8, 4) is 11.8 Å². The highest BCUT2D eigenvalue weighted by molar-refractivity contribution is 5.76. The van der Waals surface area contributed by atoms with Crippen molar-refractivity contribution >= 4 is 11.0 Å². The lowest BCUT2D eigenvalue weighted by Crippen LogP contribution is -3.00. The lowest BCUT2D eigenvalue weighted by Gasteiger charge is -1.98. The standard InChI is InChI=1S/C16H14N3.HI/c1-12-4-3-5-14(8-12)19-11-18(2)15-7-6-13(10-17)9-16(15)19;/h3-9,11H,1-2H3;1H/q+1;/p-1. The molecule has 0 aliphatic heterocycles. The number of fused-ring (bicyclic) bond motifs is 1. The van der Waals surface area contributed by atoms with Crippen LogP contribution in [0.15, 0.2) is 48.8 Å². The van der Waals surface area contributed by atoms with Crippen LogP contribution < -0.4 is 28.5 Å². The first kappa shape index (κ1) is 14.5. The van der Waals surface area contributed by atoms with Gasteiger partial charge in [-0.25, -0.2) is 4.57 Å². The Hall–Kier alpha value is -1.87. The number of aromatic nitrogens is 2. The van der Waals surface area contributed by atoms with E-state index in [0.29, 0.717) is 5.56 Å². The molecule has 3 rings (SSSR count). The number of benzene rings is 2. The Kier molecular flexibility index (Phi) is 4.09. The van der Waals surface area contributed by atoms with Gasteiger partial charge in [0.05, 0.1) is 18.7 Å². The van der Waals surface area contributed by atoms with E-state index in [0.717, 1.165) is 16.7 Å². The fraction of sp³-hybridized carbons (Fsp3) is 0.125. The van der Waals surface area contributed by atoms with Gasteiger partial charge in [-0.1, -0.05) is 12.1 Å². The minimum atomic E-state index is 0. The Morgan fingerprint density at radius 1 is 1.15 bits per heavy atom. The molecule has 0 bridgehead atoms. The zero-order valence-corrected chi connectivity index (χ0v) is 13.5. The van der Waals surface area contributed by atoms with Gasteiger partial charge < -0.3 is 24.0 Å². The number of hydrogen-bond acceptors (Lipinski definition) is 1. The van der Waals surface area contributed by atoms with Gasteiger partial charge >= 0.3 is 0 Å². The van der Waals surface area contributed by atoms with Crippen LogP contribution >= 0.6 is 0 Å². The Bertz CT molecular complexity index is 812. The van der Waals surface area contributed by atoms with Crippen molar-refractivity contribution in [2.45, 2.75) is 6.92 Å². The molecule has 2 aromatic carbocycles. The van der Waals surface area contributed by atoms with Crippen LogP contribution in [-0.4, -0.2) is 4.57 Å². The normalized spacial score (nSPS) is 10.1. The summed E-state index contributed by atoms with van der Waals surface area (Å²) in [7, 11) is 2.01. The third-order valence-electron chi connectivity index (χ3n) is 3.31. The van der Waals surface area contributed by atoms with Gasteiger partial charge in [-0.2, -0.15) is 9.83 Å². The summed E-state index contributed by atoms with van der Waals surface area (Å²) in [5.74, 6) is 0. The SMILES string of the molecule is Cc1cccc(-n2c[n+](C)c3ccc(C#N)cc32)c1.[I-]. The summed E-state index contributed by atoms with van der Waals surface area (Å²) in [6.07, 6.45) is 2.04. The second-order valence-corrected chi connectivity index (χ2v) is 4.75. The number of halogens is 1. The van der Waals surface area contributed by atoms with E-state index in [2.05, 4.69) is 40.3 Å². The van der Waals surface area contributed by atoms with Gasteiger partial charge in [0.25, 0.3) is 0 Å². The first-order valence-corrected chi connectivity index (χ1v) is 6.17. The second-order valence-electron chi connectivity index (χ2n) is 4.75. The lowest BCUT2D eigenvalue weighted by atomic mass is 10.2. The number of rotatable bonds is 1. The third-order valence-corrected chi connectivity index (χ3v) is 3.31. The van der Waals surface area contributed by atoms with E-state index in [1.165, 1.54) is 5.56 Å². The van der Waals surface area contributed by atoms with Crippen LogP contribution in [0.1, 0.15) is 11.1 Å². The van der Waals surface area contributed by atoms with E-state index in [4.69, 9.17) is 5.26 Å². The number of nitrogens with zero attached hydrogens (tertiary/aromatic N) is 3. The summed E-state index contributed by atoms with van der Waals surface area (Å²) >= 11 is 0. The van der Waals surface area contributed by atoms with Gasteiger partial charge in [-0.15, -0.1) is 0 Å².